The average Bonchev–Trinajstić information content (AvgIpc) is 3.20. The summed E-state index contributed by atoms with van der Waals surface area (Å²) in [5.41, 5.74) is 12.3. The van der Waals surface area contributed by atoms with Crippen molar-refractivity contribution in [1.29, 1.82) is 0 Å². The van der Waals surface area contributed by atoms with E-state index in [9.17, 15) is 4.39 Å². The Morgan fingerprint density at radius 1 is 1.12 bits per heavy atom. The fraction of sp³-hybridized carbons (Fsp3) is 0.0870. The number of nitrogens with two attached hydrogens (primary N) is 2. The Morgan fingerprint density at radius 2 is 1.94 bits per heavy atom. The topological polar surface area (TPSA) is 116 Å². The second-order valence-electron chi connectivity index (χ2n) is 7.02. The van der Waals surface area contributed by atoms with E-state index >= 15 is 0 Å². The molecule has 5 N–H and O–H groups in total. The highest BCUT2D eigenvalue weighted by Crippen LogP contribution is 2.36. The molecule has 2 heterocycles. The molecule has 0 saturated carbocycles. The molecule has 0 spiro atoms. The zero-order valence-corrected chi connectivity index (χ0v) is 17.4. The van der Waals surface area contributed by atoms with Crippen LogP contribution in [0.2, 0.25) is 0 Å². The third-order valence-electron chi connectivity index (χ3n) is 4.86. The first-order valence-corrected chi connectivity index (χ1v) is 9.80. The van der Waals surface area contributed by atoms with Gasteiger partial charge in [-0.25, -0.2) is 20.8 Å². The minimum absolute atomic E-state index is 0.210. The first-order chi connectivity index (χ1) is 15.6. The van der Waals surface area contributed by atoms with E-state index in [4.69, 9.17) is 16.3 Å². The van der Waals surface area contributed by atoms with Crippen molar-refractivity contribution in [2.45, 2.75) is 6.61 Å². The third-order valence-corrected chi connectivity index (χ3v) is 4.86. The van der Waals surface area contributed by atoms with Crippen molar-refractivity contribution in [3.05, 3.63) is 90.1 Å². The quantitative estimate of drug-likeness (QED) is 0.179. The number of amidine groups is 1. The molecule has 4 rings (SSSR count). The Hall–Kier alpha value is -4.24. The number of halogens is 1. The molecule has 9 heteroatoms. The number of rotatable bonds is 7. The number of hydrogen-bond donors (Lipinski definition) is 3. The van der Waals surface area contributed by atoms with Gasteiger partial charge in [0, 0.05) is 30.4 Å². The second-order valence-corrected chi connectivity index (χ2v) is 7.02. The van der Waals surface area contributed by atoms with Crippen LogP contribution in [0.3, 0.4) is 0 Å². The highest BCUT2D eigenvalue weighted by molar-refractivity contribution is 5.98. The molecule has 0 atom stereocenters. The van der Waals surface area contributed by atoms with Gasteiger partial charge in [0.05, 0.1) is 17.7 Å². The lowest BCUT2D eigenvalue weighted by Crippen LogP contribution is -2.23. The third kappa shape index (κ3) is 4.42. The van der Waals surface area contributed by atoms with Crippen LogP contribution in [0.5, 0.6) is 5.75 Å². The molecule has 0 unspecified atom stereocenters. The van der Waals surface area contributed by atoms with E-state index in [0.29, 0.717) is 34.9 Å². The summed E-state index contributed by atoms with van der Waals surface area (Å²) in [6.07, 6.45) is 3.28. The molecule has 4 aromatic rings. The smallest absolute Gasteiger partial charge is 0.152 e. The zero-order chi connectivity index (χ0) is 22.5. The fourth-order valence-electron chi connectivity index (χ4n) is 3.34. The van der Waals surface area contributed by atoms with Crippen LogP contribution in [0.25, 0.3) is 22.6 Å². The molecule has 0 radical (unpaired) electrons. The number of ether oxygens (including phenoxy) is 1. The van der Waals surface area contributed by atoms with Crippen LogP contribution < -0.4 is 21.8 Å². The molecule has 2 aromatic carbocycles. The van der Waals surface area contributed by atoms with Gasteiger partial charge in [-0.15, -0.1) is 5.10 Å². The van der Waals surface area contributed by atoms with Crippen molar-refractivity contribution in [3.8, 4) is 28.4 Å². The van der Waals surface area contributed by atoms with Gasteiger partial charge in [0.25, 0.3) is 0 Å². The van der Waals surface area contributed by atoms with Crippen molar-refractivity contribution in [1.82, 2.24) is 20.1 Å². The van der Waals surface area contributed by atoms with Gasteiger partial charge in [-0.1, -0.05) is 30.3 Å². The van der Waals surface area contributed by atoms with E-state index in [0.717, 1.165) is 11.3 Å². The van der Waals surface area contributed by atoms with Gasteiger partial charge in [0.1, 0.15) is 23.9 Å². The largest absolute Gasteiger partial charge is 0.488 e. The standard InChI is InChI=1S/C23H22FN7O/c1-31-14-28-21(19-11-16(9-10-27-19)23(25)29-30-26)22(31)18-8-7-17(24)12-20(18)32-13-15-5-3-2-4-6-15/h2-12,14,30H,13,26H2,1H3,(H2,25,29). The SMILES string of the molecule is Cn1cnc(-c2cc(/C(N)=N/NN)ccn2)c1-c1ccc(F)cc1OCc1ccccc1. The van der Waals surface area contributed by atoms with Crippen LogP contribution >= 0.6 is 0 Å². The molecular weight excluding hydrogens is 409 g/mol. The summed E-state index contributed by atoms with van der Waals surface area (Å²) < 4.78 is 21.9. The normalized spacial score (nSPS) is 11.4. The Bertz CT molecular complexity index is 1250. The molecule has 0 aliphatic carbocycles. The number of nitrogens with zero attached hydrogens (tertiary/aromatic N) is 4. The van der Waals surface area contributed by atoms with Crippen LogP contribution in [0, 0.1) is 5.82 Å². The lowest BCUT2D eigenvalue weighted by atomic mass is 10.1. The molecule has 0 aliphatic rings. The van der Waals surface area contributed by atoms with Gasteiger partial charge in [-0.3, -0.25) is 4.98 Å². The van der Waals surface area contributed by atoms with E-state index in [2.05, 4.69) is 20.6 Å². The van der Waals surface area contributed by atoms with Gasteiger partial charge >= 0.3 is 0 Å². The van der Waals surface area contributed by atoms with Crippen molar-refractivity contribution < 1.29 is 9.13 Å². The van der Waals surface area contributed by atoms with E-state index in [-0.39, 0.29) is 11.7 Å². The highest BCUT2D eigenvalue weighted by atomic mass is 19.1. The summed E-state index contributed by atoms with van der Waals surface area (Å²) in [6.45, 7) is 0.303. The molecule has 2 aromatic heterocycles. The van der Waals surface area contributed by atoms with Crippen LogP contribution in [0.15, 0.2) is 78.3 Å². The minimum Gasteiger partial charge on any atom is -0.488 e. The molecule has 8 nitrogen and oxygen atoms in total. The number of hydrazine groups is 1. The molecular formula is C23H22FN7O. The van der Waals surface area contributed by atoms with E-state index in [1.165, 1.54) is 12.1 Å². The monoisotopic (exact) mass is 431 g/mol. The molecule has 32 heavy (non-hydrogen) atoms. The van der Waals surface area contributed by atoms with Gasteiger partial charge in [0.15, 0.2) is 5.84 Å². The highest BCUT2D eigenvalue weighted by Gasteiger charge is 2.19. The van der Waals surface area contributed by atoms with E-state index in [1.807, 2.05) is 41.9 Å². The summed E-state index contributed by atoms with van der Waals surface area (Å²) in [7, 11) is 1.86. The van der Waals surface area contributed by atoms with Crippen LogP contribution in [-0.4, -0.2) is 20.4 Å². The molecule has 0 bridgehead atoms. The lowest BCUT2D eigenvalue weighted by molar-refractivity contribution is 0.306. The number of benzene rings is 2. The number of nitrogens with one attached hydrogen (secondary N) is 1. The Balaban J connectivity index is 1.76. The predicted molar refractivity (Wildman–Crippen MR) is 121 cm³/mol. The van der Waals surface area contributed by atoms with Crippen LogP contribution in [0.4, 0.5) is 4.39 Å². The van der Waals surface area contributed by atoms with Gasteiger partial charge in [-0.05, 0) is 29.8 Å². The van der Waals surface area contributed by atoms with Gasteiger partial charge in [0.2, 0.25) is 0 Å². The maximum atomic E-state index is 14.1. The van der Waals surface area contributed by atoms with Gasteiger partial charge in [-0.2, -0.15) is 0 Å². The summed E-state index contributed by atoms with van der Waals surface area (Å²) >= 11 is 0. The number of aromatic nitrogens is 3. The zero-order valence-electron chi connectivity index (χ0n) is 17.4. The van der Waals surface area contributed by atoms with Crippen LogP contribution in [0.1, 0.15) is 11.1 Å². The number of imidazole rings is 1. The number of aryl methyl sites for hydroxylation is 1. The molecule has 162 valence electrons. The minimum atomic E-state index is -0.390. The summed E-state index contributed by atoms with van der Waals surface area (Å²) in [6, 6.07) is 17.6. The summed E-state index contributed by atoms with van der Waals surface area (Å²) in [5.74, 6) is 5.45. The molecule has 0 aliphatic heterocycles. The van der Waals surface area contributed by atoms with E-state index < -0.39 is 0 Å². The summed E-state index contributed by atoms with van der Waals surface area (Å²) in [5, 5.41) is 3.80. The average molecular weight is 431 g/mol. The maximum Gasteiger partial charge on any atom is 0.152 e. The van der Waals surface area contributed by atoms with Gasteiger partial charge < -0.3 is 15.0 Å². The Labute approximate surface area is 184 Å². The van der Waals surface area contributed by atoms with Crippen molar-refractivity contribution in [2.75, 3.05) is 0 Å². The summed E-state index contributed by atoms with van der Waals surface area (Å²) in [4.78, 5) is 8.96. The first kappa shape index (κ1) is 21.0. The van der Waals surface area contributed by atoms with Crippen molar-refractivity contribution >= 4 is 5.84 Å². The van der Waals surface area contributed by atoms with Crippen molar-refractivity contribution in [2.24, 2.45) is 23.7 Å². The van der Waals surface area contributed by atoms with Crippen molar-refractivity contribution in [3.63, 3.8) is 0 Å². The second kappa shape index (κ2) is 9.27. The number of hydrazone groups is 1. The number of hydrogen-bond acceptors (Lipinski definition) is 6. The van der Waals surface area contributed by atoms with Crippen LogP contribution in [-0.2, 0) is 13.7 Å². The Kier molecular flexibility index (Phi) is 6.09. The first-order valence-electron chi connectivity index (χ1n) is 9.80. The Morgan fingerprint density at radius 3 is 2.72 bits per heavy atom. The molecule has 0 saturated heterocycles. The number of pyridine rings is 1. The van der Waals surface area contributed by atoms with E-state index in [1.54, 1.807) is 30.7 Å². The predicted octanol–water partition coefficient (Wildman–Crippen LogP) is 2.95. The molecule has 0 amide bonds. The fourth-order valence-corrected chi connectivity index (χ4v) is 3.34. The lowest BCUT2D eigenvalue weighted by Gasteiger charge is -2.14. The maximum absolute atomic E-state index is 14.1. The molecule has 0 fully saturated rings.